The molecule has 0 amide bonds. The summed E-state index contributed by atoms with van der Waals surface area (Å²) in [4.78, 5) is 0. The molecule has 92 valence electrons. The second kappa shape index (κ2) is 6.76. The normalized spacial score (nSPS) is 11.6. The van der Waals surface area contributed by atoms with Crippen LogP contribution in [0, 0.1) is 0 Å². The van der Waals surface area contributed by atoms with E-state index in [0.29, 0.717) is 17.5 Å². The highest BCUT2D eigenvalue weighted by Crippen LogP contribution is 2.30. The van der Waals surface area contributed by atoms with Crippen molar-refractivity contribution in [2.45, 2.75) is 26.4 Å². The van der Waals surface area contributed by atoms with Crippen LogP contribution in [0.4, 0.5) is 0 Å². The molecule has 1 aromatic rings. The minimum Gasteiger partial charge on any atom is -0.508 e. The van der Waals surface area contributed by atoms with Crippen molar-refractivity contribution in [3.05, 3.63) is 47.6 Å². The zero-order valence-electron chi connectivity index (χ0n) is 9.93. The lowest BCUT2D eigenvalue weighted by Crippen LogP contribution is -1.95. The summed E-state index contributed by atoms with van der Waals surface area (Å²) in [6.45, 7) is 1.67. The molecule has 3 heteroatoms. The maximum absolute atomic E-state index is 9.69. The summed E-state index contributed by atoms with van der Waals surface area (Å²) in [5.41, 5.74) is 1.02. The predicted octanol–water partition coefficient (Wildman–Crippen LogP) is 2.66. The van der Waals surface area contributed by atoms with Gasteiger partial charge in [-0.2, -0.15) is 0 Å². The summed E-state index contributed by atoms with van der Waals surface area (Å²) in [6.07, 6.45) is 9.10. The molecule has 0 bridgehead atoms. The van der Waals surface area contributed by atoms with E-state index in [0.717, 1.165) is 6.42 Å². The molecule has 0 aliphatic rings. The molecule has 0 atom stereocenters. The second-order valence-electron chi connectivity index (χ2n) is 3.71. The van der Waals surface area contributed by atoms with E-state index in [1.165, 1.54) is 12.1 Å². The third kappa shape index (κ3) is 3.64. The molecule has 0 spiro atoms. The van der Waals surface area contributed by atoms with Crippen molar-refractivity contribution in [2.24, 2.45) is 0 Å². The Morgan fingerprint density at radius 1 is 1.06 bits per heavy atom. The highest BCUT2D eigenvalue weighted by atomic mass is 16.3. The van der Waals surface area contributed by atoms with Crippen LogP contribution in [0.25, 0.3) is 0 Å². The first-order valence-corrected chi connectivity index (χ1v) is 5.62. The molecule has 0 heterocycles. The van der Waals surface area contributed by atoms with Crippen LogP contribution < -0.4 is 0 Å². The first-order valence-electron chi connectivity index (χ1n) is 5.62. The van der Waals surface area contributed by atoms with Crippen molar-refractivity contribution in [1.29, 1.82) is 0 Å². The van der Waals surface area contributed by atoms with Gasteiger partial charge in [0.25, 0.3) is 0 Å². The molecule has 17 heavy (non-hydrogen) atoms. The van der Waals surface area contributed by atoms with E-state index in [4.69, 9.17) is 5.11 Å². The number of aromatic hydroxyl groups is 2. The predicted molar refractivity (Wildman–Crippen MR) is 68.0 cm³/mol. The lowest BCUT2D eigenvalue weighted by atomic mass is 10.0. The van der Waals surface area contributed by atoms with Crippen LogP contribution in [-0.4, -0.2) is 15.3 Å². The number of rotatable bonds is 5. The highest BCUT2D eigenvalue weighted by molar-refractivity contribution is 5.47. The van der Waals surface area contributed by atoms with E-state index < -0.39 is 0 Å². The number of benzene rings is 1. The van der Waals surface area contributed by atoms with Gasteiger partial charge in [-0.1, -0.05) is 24.3 Å². The van der Waals surface area contributed by atoms with E-state index in [1.54, 1.807) is 0 Å². The fourth-order valence-electron chi connectivity index (χ4n) is 1.64. The van der Waals surface area contributed by atoms with Crippen LogP contribution in [-0.2, 0) is 13.0 Å². The van der Waals surface area contributed by atoms with Gasteiger partial charge in [0.05, 0.1) is 6.61 Å². The minimum atomic E-state index is -0.270. The molecule has 0 saturated carbocycles. The monoisotopic (exact) mass is 234 g/mol. The smallest absolute Gasteiger partial charge is 0.121 e. The summed E-state index contributed by atoms with van der Waals surface area (Å²) in [7, 11) is 0. The van der Waals surface area contributed by atoms with Gasteiger partial charge in [0.15, 0.2) is 0 Å². The van der Waals surface area contributed by atoms with E-state index in [9.17, 15) is 10.2 Å². The number of allylic oxidation sites excluding steroid dienone is 4. The molecule has 0 aliphatic carbocycles. The first kappa shape index (κ1) is 13.3. The second-order valence-corrected chi connectivity index (χ2v) is 3.71. The zero-order chi connectivity index (χ0) is 12.7. The van der Waals surface area contributed by atoms with Crippen molar-refractivity contribution in [3.63, 3.8) is 0 Å². The average molecular weight is 234 g/mol. The summed E-state index contributed by atoms with van der Waals surface area (Å²) < 4.78 is 0. The molecule has 3 nitrogen and oxygen atoms in total. The van der Waals surface area contributed by atoms with Crippen molar-refractivity contribution in [1.82, 2.24) is 0 Å². The Kier molecular flexibility index (Phi) is 5.30. The SMILES string of the molecule is CC=CC=CCCc1c(O)ccc(O)c1CO. The Hall–Kier alpha value is -1.74. The molecular formula is C14H18O3. The number of hydrogen-bond donors (Lipinski definition) is 3. The van der Waals surface area contributed by atoms with Crippen molar-refractivity contribution >= 4 is 0 Å². The number of aliphatic hydroxyl groups excluding tert-OH is 1. The molecule has 0 fully saturated rings. The summed E-state index contributed by atoms with van der Waals surface area (Å²) >= 11 is 0. The third-order valence-corrected chi connectivity index (χ3v) is 2.54. The minimum absolute atomic E-state index is 0.0257. The molecular weight excluding hydrogens is 216 g/mol. The van der Waals surface area contributed by atoms with Crippen LogP contribution in [0.3, 0.4) is 0 Å². The van der Waals surface area contributed by atoms with Gasteiger partial charge in [0, 0.05) is 11.1 Å². The van der Waals surface area contributed by atoms with Crippen LogP contribution in [0.1, 0.15) is 24.5 Å². The maximum atomic E-state index is 9.69. The largest absolute Gasteiger partial charge is 0.508 e. The fraction of sp³-hybridized carbons (Fsp3) is 0.286. The van der Waals surface area contributed by atoms with Gasteiger partial charge in [-0.3, -0.25) is 0 Å². The number of phenolic OH excluding ortho intramolecular Hbond substituents is 1. The molecule has 0 unspecified atom stereocenters. The van der Waals surface area contributed by atoms with Crippen LogP contribution >= 0.6 is 0 Å². The molecule has 1 aromatic carbocycles. The van der Waals surface area contributed by atoms with Crippen molar-refractivity contribution in [2.75, 3.05) is 0 Å². The molecule has 0 aliphatic heterocycles. The van der Waals surface area contributed by atoms with Gasteiger partial charge < -0.3 is 15.3 Å². The van der Waals surface area contributed by atoms with E-state index in [2.05, 4.69) is 0 Å². The van der Waals surface area contributed by atoms with Gasteiger partial charge in [0.1, 0.15) is 11.5 Å². The van der Waals surface area contributed by atoms with Gasteiger partial charge in [-0.25, -0.2) is 0 Å². The number of aliphatic hydroxyl groups is 1. The number of phenols is 2. The van der Waals surface area contributed by atoms with Crippen molar-refractivity contribution in [3.8, 4) is 11.5 Å². The first-order chi connectivity index (χ1) is 8.20. The maximum Gasteiger partial charge on any atom is 0.121 e. The van der Waals surface area contributed by atoms with Gasteiger partial charge in [-0.05, 0) is 31.9 Å². The van der Waals surface area contributed by atoms with E-state index in [-0.39, 0.29) is 18.1 Å². The zero-order valence-corrected chi connectivity index (χ0v) is 9.93. The Labute approximate surface area is 101 Å². The number of hydrogen-bond acceptors (Lipinski definition) is 3. The lowest BCUT2D eigenvalue weighted by Gasteiger charge is -2.10. The summed E-state index contributed by atoms with van der Waals surface area (Å²) in [5, 5.41) is 28.4. The summed E-state index contributed by atoms with van der Waals surface area (Å²) in [6, 6.07) is 2.83. The molecule has 0 aromatic heterocycles. The van der Waals surface area contributed by atoms with E-state index in [1.807, 2.05) is 31.2 Å². The highest BCUT2D eigenvalue weighted by Gasteiger charge is 2.10. The Balaban J connectivity index is 2.79. The van der Waals surface area contributed by atoms with Gasteiger partial charge in [-0.15, -0.1) is 0 Å². The van der Waals surface area contributed by atoms with Crippen molar-refractivity contribution < 1.29 is 15.3 Å². The van der Waals surface area contributed by atoms with Crippen LogP contribution in [0.2, 0.25) is 0 Å². The lowest BCUT2D eigenvalue weighted by molar-refractivity contribution is 0.273. The van der Waals surface area contributed by atoms with Gasteiger partial charge >= 0.3 is 0 Å². The van der Waals surface area contributed by atoms with E-state index >= 15 is 0 Å². The van der Waals surface area contributed by atoms with Crippen LogP contribution in [0.5, 0.6) is 11.5 Å². The standard InChI is InChI=1S/C14H18O3/c1-2-3-4-5-6-7-11-12(10-15)14(17)9-8-13(11)16/h2-5,8-9,15-17H,6-7,10H2,1H3. The Morgan fingerprint density at radius 2 is 1.71 bits per heavy atom. The molecule has 0 saturated heterocycles. The molecule has 0 radical (unpaired) electrons. The average Bonchev–Trinajstić information content (AvgIpc) is 2.33. The Morgan fingerprint density at radius 3 is 2.29 bits per heavy atom. The summed E-state index contributed by atoms with van der Waals surface area (Å²) in [5.74, 6) is 0.143. The fourth-order valence-corrected chi connectivity index (χ4v) is 1.64. The van der Waals surface area contributed by atoms with Crippen LogP contribution in [0.15, 0.2) is 36.4 Å². The quantitative estimate of drug-likeness (QED) is 0.542. The molecule has 1 rings (SSSR count). The molecule has 3 N–H and O–H groups in total. The topological polar surface area (TPSA) is 60.7 Å². The third-order valence-electron chi connectivity index (χ3n) is 2.54. The van der Waals surface area contributed by atoms with Gasteiger partial charge in [0.2, 0.25) is 0 Å². The Bertz CT molecular complexity index is 420.